The van der Waals surface area contributed by atoms with Crippen LogP contribution in [0.1, 0.15) is 30.9 Å². The molecule has 0 fully saturated rings. The van der Waals surface area contributed by atoms with Crippen LogP contribution in [0.3, 0.4) is 0 Å². The van der Waals surface area contributed by atoms with Crippen LogP contribution in [0.25, 0.3) is 6.08 Å². The minimum absolute atomic E-state index is 0.0239. The van der Waals surface area contributed by atoms with Gasteiger partial charge in [0, 0.05) is 13.5 Å². The summed E-state index contributed by atoms with van der Waals surface area (Å²) in [5.74, 6) is -1.45. The zero-order valence-corrected chi connectivity index (χ0v) is 16.0. The Balaban J connectivity index is 1.88. The summed E-state index contributed by atoms with van der Waals surface area (Å²) in [5.41, 5.74) is 1.81. The van der Waals surface area contributed by atoms with E-state index in [-0.39, 0.29) is 11.6 Å². The van der Waals surface area contributed by atoms with Crippen LogP contribution in [0, 0.1) is 0 Å². The molecule has 0 aliphatic rings. The SMILES string of the molecule is CC(=O)N/C(=C\c1ccccc1)C(=O)OCC(=O)NC[C@@H](C)c1ccccc1. The maximum Gasteiger partial charge on any atom is 0.355 e. The van der Waals surface area contributed by atoms with Crippen LogP contribution >= 0.6 is 0 Å². The van der Waals surface area contributed by atoms with Crippen molar-refractivity contribution in [2.45, 2.75) is 19.8 Å². The van der Waals surface area contributed by atoms with E-state index in [1.807, 2.05) is 55.5 Å². The zero-order valence-electron chi connectivity index (χ0n) is 16.0. The summed E-state index contributed by atoms with van der Waals surface area (Å²) >= 11 is 0. The fourth-order valence-corrected chi connectivity index (χ4v) is 2.48. The second-order valence-electron chi connectivity index (χ2n) is 6.34. The number of carbonyl (C=O) groups excluding carboxylic acids is 3. The predicted octanol–water partition coefficient (Wildman–Crippen LogP) is 2.63. The molecule has 2 aromatic carbocycles. The smallest absolute Gasteiger partial charge is 0.355 e. The molecule has 146 valence electrons. The van der Waals surface area contributed by atoms with Gasteiger partial charge in [0.05, 0.1) is 0 Å². The summed E-state index contributed by atoms with van der Waals surface area (Å²) in [6.45, 7) is 3.30. The van der Waals surface area contributed by atoms with Crippen molar-refractivity contribution in [1.82, 2.24) is 10.6 Å². The van der Waals surface area contributed by atoms with Gasteiger partial charge in [-0.1, -0.05) is 67.6 Å². The van der Waals surface area contributed by atoms with E-state index in [9.17, 15) is 14.4 Å². The summed E-state index contributed by atoms with van der Waals surface area (Å²) in [4.78, 5) is 35.6. The quantitative estimate of drug-likeness (QED) is 0.545. The fraction of sp³-hybridized carbons (Fsp3) is 0.227. The summed E-state index contributed by atoms with van der Waals surface area (Å²) in [7, 11) is 0. The van der Waals surface area contributed by atoms with Crippen molar-refractivity contribution in [2.24, 2.45) is 0 Å². The molecule has 0 radical (unpaired) electrons. The van der Waals surface area contributed by atoms with Crippen molar-refractivity contribution in [3.63, 3.8) is 0 Å². The first-order valence-corrected chi connectivity index (χ1v) is 8.99. The fourth-order valence-electron chi connectivity index (χ4n) is 2.48. The molecule has 0 saturated carbocycles. The van der Waals surface area contributed by atoms with E-state index in [0.29, 0.717) is 6.54 Å². The van der Waals surface area contributed by atoms with Gasteiger partial charge in [-0.3, -0.25) is 9.59 Å². The molecule has 0 aliphatic carbocycles. The van der Waals surface area contributed by atoms with E-state index in [1.165, 1.54) is 13.0 Å². The highest BCUT2D eigenvalue weighted by atomic mass is 16.5. The Morgan fingerprint density at radius 1 is 1.00 bits per heavy atom. The van der Waals surface area contributed by atoms with Crippen molar-refractivity contribution >= 4 is 23.9 Å². The Morgan fingerprint density at radius 2 is 1.61 bits per heavy atom. The Kier molecular flexibility index (Phi) is 7.96. The van der Waals surface area contributed by atoms with Gasteiger partial charge in [-0.2, -0.15) is 0 Å². The lowest BCUT2D eigenvalue weighted by Crippen LogP contribution is -2.33. The lowest BCUT2D eigenvalue weighted by molar-refractivity contribution is -0.145. The molecule has 1 atom stereocenters. The van der Waals surface area contributed by atoms with E-state index < -0.39 is 24.4 Å². The van der Waals surface area contributed by atoms with Crippen LogP contribution in [0.5, 0.6) is 0 Å². The molecule has 0 unspecified atom stereocenters. The largest absolute Gasteiger partial charge is 0.451 e. The number of carbonyl (C=O) groups is 3. The van der Waals surface area contributed by atoms with Gasteiger partial charge in [0.25, 0.3) is 5.91 Å². The van der Waals surface area contributed by atoms with E-state index in [2.05, 4.69) is 10.6 Å². The van der Waals surface area contributed by atoms with Crippen LogP contribution in [0.2, 0.25) is 0 Å². The van der Waals surface area contributed by atoms with Gasteiger partial charge in [0.15, 0.2) is 6.61 Å². The Labute approximate surface area is 164 Å². The topological polar surface area (TPSA) is 84.5 Å². The second kappa shape index (κ2) is 10.7. The number of nitrogens with one attached hydrogen (secondary N) is 2. The van der Waals surface area contributed by atoms with Crippen LogP contribution < -0.4 is 10.6 Å². The molecular formula is C22H24N2O4. The van der Waals surface area contributed by atoms with Crippen LogP contribution in [-0.2, 0) is 19.1 Å². The van der Waals surface area contributed by atoms with Gasteiger partial charge >= 0.3 is 5.97 Å². The molecule has 2 N–H and O–H groups in total. The molecule has 2 rings (SSSR count). The maximum atomic E-state index is 12.3. The first kappa shape index (κ1) is 20.9. The molecule has 0 spiro atoms. The van der Waals surface area contributed by atoms with E-state index in [0.717, 1.165) is 11.1 Å². The maximum absolute atomic E-state index is 12.3. The highest BCUT2D eigenvalue weighted by Crippen LogP contribution is 2.13. The number of benzene rings is 2. The van der Waals surface area contributed by atoms with Crippen molar-refractivity contribution < 1.29 is 19.1 Å². The van der Waals surface area contributed by atoms with Gasteiger partial charge in [-0.25, -0.2) is 4.79 Å². The Morgan fingerprint density at radius 3 is 2.21 bits per heavy atom. The third kappa shape index (κ3) is 7.07. The predicted molar refractivity (Wildman–Crippen MR) is 107 cm³/mol. The number of amides is 2. The van der Waals surface area contributed by atoms with Crippen LogP contribution in [0.4, 0.5) is 0 Å². The molecular weight excluding hydrogens is 356 g/mol. The number of esters is 1. The third-order valence-electron chi connectivity index (χ3n) is 3.95. The van der Waals surface area contributed by atoms with Gasteiger partial charge in [-0.05, 0) is 23.1 Å². The van der Waals surface area contributed by atoms with Crippen molar-refractivity contribution in [2.75, 3.05) is 13.2 Å². The molecule has 0 heterocycles. The van der Waals surface area contributed by atoms with E-state index in [1.54, 1.807) is 12.1 Å². The zero-order chi connectivity index (χ0) is 20.4. The van der Waals surface area contributed by atoms with Crippen molar-refractivity contribution in [3.05, 3.63) is 77.5 Å². The van der Waals surface area contributed by atoms with E-state index in [4.69, 9.17) is 4.74 Å². The minimum atomic E-state index is -0.773. The van der Waals surface area contributed by atoms with E-state index >= 15 is 0 Å². The summed E-state index contributed by atoms with van der Waals surface area (Å²) in [6.07, 6.45) is 1.50. The van der Waals surface area contributed by atoms with Gasteiger partial charge < -0.3 is 15.4 Å². The molecule has 2 amide bonds. The molecule has 6 nitrogen and oxygen atoms in total. The summed E-state index contributed by atoms with van der Waals surface area (Å²) in [6, 6.07) is 18.8. The molecule has 0 aromatic heterocycles. The molecule has 6 heteroatoms. The lowest BCUT2D eigenvalue weighted by atomic mass is 10.0. The number of hydrogen-bond acceptors (Lipinski definition) is 4. The van der Waals surface area contributed by atoms with Gasteiger partial charge in [0.1, 0.15) is 5.70 Å². The molecule has 2 aromatic rings. The molecule has 0 saturated heterocycles. The van der Waals surface area contributed by atoms with Crippen LogP contribution in [-0.4, -0.2) is 30.9 Å². The molecule has 28 heavy (non-hydrogen) atoms. The number of rotatable bonds is 8. The van der Waals surface area contributed by atoms with Gasteiger partial charge in [0.2, 0.25) is 5.91 Å². The normalized spacial score (nSPS) is 12.0. The number of hydrogen-bond donors (Lipinski definition) is 2. The second-order valence-corrected chi connectivity index (χ2v) is 6.34. The standard InChI is InChI=1S/C22H24N2O4/c1-16(19-11-7-4-8-12-19)14-23-21(26)15-28-22(27)20(24-17(2)25)13-18-9-5-3-6-10-18/h3-13,16H,14-15H2,1-2H3,(H,23,26)(H,24,25)/b20-13-/t16-/m1/s1. The number of ether oxygens (including phenoxy) is 1. The average molecular weight is 380 g/mol. The van der Waals surface area contributed by atoms with Gasteiger partial charge in [-0.15, -0.1) is 0 Å². The molecule has 0 bridgehead atoms. The Bertz CT molecular complexity index is 832. The summed E-state index contributed by atoms with van der Waals surface area (Å²) < 4.78 is 5.04. The minimum Gasteiger partial charge on any atom is -0.451 e. The van der Waals surface area contributed by atoms with Crippen LogP contribution in [0.15, 0.2) is 66.4 Å². The lowest BCUT2D eigenvalue weighted by Gasteiger charge is -2.13. The first-order valence-electron chi connectivity index (χ1n) is 8.99. The average Bonchev–Trinajstić information content (AvgIpc) is 2.70. The summed E-state index contributed by atoms with van der Waals surface area (Å²) in [5, 5.41) is 5.18. The molecule has 0 aliphatic heterocycles. The monoisotopic (exact) mass is 380 g/mol. The highest BCUT2D eigenvalue weighted by Gasteiger charge is 2.15. The highest BCUT2D eigenvalue weighted by molar-refractivity contribution is 5.98. The van der Waals surface area contributed by atoms with Crippen molar-refractivity contribution in [1.29, 1.82) is 0 Å². The first-order chi connectivity index (χ1) is 13.5. The Hall–Kier alpha value is -3.41. The third-order valence-corrected chi connectivity index (χ3v) is 3.95. The van der Waals surface area contributed by atoms with Crippen molar-refractivity contribution in [3.8, 4) is 0 Å².